The molecule has 0 aromatic heterocycles. The van der Waals surface area contributed by atoms with Crippen molar-refractivity contribution in [2.24, 2.45) is 5.92 Å². The van der Waals surface area contributed by atoms with Crippen LogP contribution in [0.1, 0.15) is 0 Å². The highest BCUT2D eigenvalue weighted by Gasteiger charge is 2.39. The van der Waals surface area contributed by atoms with Crippen LogP contribution in [-0.2, 0) is 19.4 Å². The largest absolute Gasteiger partial charge is 0.469 e. The van der Waals surface area contributed by atoms with E-state index in [2.05, 4.69) is 4.74 Å². The summed E-state index contributed by atoms with van der Waals surface area (Å²) in [7, 11) is -1.63. The van der Waals surface area contributed by atoms with Gasteiger partial charge in [-0.05, 0) is 0 Å². The summed E-state index contributed by atoms with van der Waals surface area (Å²) in [6.07, 6.45) is 0. The summed E-state index contributed by atoms with van der Waals surface area (Å²) in [4.78, 5) is 10.6. The van der Waals surface area contributed by atoms with Gasteiger partial charge < -0.3 is 4.74 Å². The topological polar surface area (TPSA) is 60.4 Å². The zero-order valence-electron chi connectivity index (χ0n) is 5.53. The number of hydrogen-bond donors (Lipinski definition) is 0. The average Bonchev–Trinajstić information content (AvgIpc) is 1.81. The number of carbonyl (C=O) groups excluding carboxylic acids is 1. The lowest BCUT2D eigenvalue weighted by atomic mass is 10.2. The fourth-order valence-electron chi connectivity index (χ4n) is 0.867. The van der Waals surface area contributed by atoms with E-state index in [9.17, 15) is 13.2 Å². The zero-order chi connectivity index (χ0) is 7.78. The molecule has 1 heterocycles. The maximum atomic E-state index is 10.6. The van der Waals surface area contributed by atoms with Crippen LogP contribution in [-0.4, -0.2) is 33.0 Å². The Morgan fingerprint density at radius 1 is 1.50 bits per heavy atom. The van der Waals surface area contributed by atoms with E-state index in [4.69, 9.17) is 0 Å². The first-order valence-electron chi connectivity index (χ1n) is 2.83. The highest BCUT2D eigenvalue weighted by Crippen LogP contribution is 2.18. The first kappa shape index (κ1) is 7.53. The van der Waals surface area contributed by atoms with Crippen LogP contribution in [0.3, 0.4) is 0 Å². The Morgan fingerprint density at radius 3 is 2.30 bits per heavy atom. The fraction of sp³-hybridized carbons (Fsp3) is 0.800. The first-order chi connectivity index (χ1) is 4.55. The third-order valence-corrected chi connectivity index (χ3v) is 3.27. The number of sulfone groups is 1. The van der Waals surface area contributed by atoms with Crippen LogP contribution < -0.4 is 0 Å². The lowest BCUT2D eigenvalue weighted by Crippen LogP contribution is -2.41. The zero-order valence-corrected chi connectivity index (χ0v) is 6.35. The minimum atomic E-state index is -2.89. The molecule has 0 saturated carbocycles. The summed E-state index contributed by atoms with van der Waals surface area (Å²) in [5, 5.41) is 0. The second kappa shape index (κ2) is 2.23. The quantitative estimate of drug-likeness (QED) is 0.476. The van der Waals surface area contributed by atoms with Crippen LogP contribution in [0.4, 0.5) is 0 Å². The van der Waals surface area contributed by atoms with E-state index in [1.807, 2.05) is 0 Å². The van der Waals surface area contributed by atoms with E-state index in [-0.39, 0.29) is 11.5 Å². The number of rotatable bonds is 1. The van der Waals surface area contributed by atoms with E-state index >= 15 is 0 Å². The molecule has 4 nitrogen and oxygen atoms in total. The third-order valence-electron chi connectivity index (χ3n) is 1.44. The molecule has 1 rings (SSSR count). The smallest absolute Gasteiger partial charge is 0.310 e. The Hall–Kier alpha value is -0.580. The van der Waals surface area contributed by atoms with E-state index in [0.717, 1.165) is 0 Å². The number of hydrogen-bond acceptors (Lipinski definition) is 4. The Kier molecular flexibility index (Phi) is 1.68. The Morgan fingerprint density at radius 2 is 2.00 bits per heavy atom. The van der Waals surface area contributed by atoms with Gasteiger partial charge >= 0.3 is 5.97 Å². The second-order valence-electron chi connectivity index (χ2n) is 2.30. The van der Waals surface area contributed by atoms with Crippen LogP contribution >= 0.6 is 0 Å². The molecule has 1 aliphatic rings. The molecule has 1 aliphatic heterocycles. The van der Waals surface area contributed by atoms with E-state index < -0.39 is 21.7 Å². The van der Waals surface area contributed by atoms with Gasteiger partial charge in [0.15, 0.2) is 9.84 Å². The number of esters is 1. The van der Waals surface area contributed by atoms with Crippen LogP contribution in [0.2, 0.25) is 0 Å². The van der Waals surface area contributed by atoms with Crippen LogP contribution in [0, 0.1) is 5.92 Å². The normalized spacial score (nSPS) is 23.3. The first-order valence-corrected chi connectivity index (χ1v) is 4.65. The average molecular weight is 164 g/mol. The fourth-order valence-corrected chi connectivity index (χ4v) is 2.27. The highest BCUT2D eigenvalue weighted by atomic mass is 32.2. The summed E-state index contributed by atoms with van der Waals surface area (Å²) in [6, 6.07) is 0. The van der Waals surface area contributed by atoms with Gasteiger partial charge in [-0.25, -0.2) is 8.42 Å². The van der Waals surface area contributed by atoms with E-state index in [0.29, 0.717) is 0 Å². The van der Waals surface area contributed by atoms with Gasteiger partial charge in [0.1, 0.15) is 0 Å². The predicted octanol–water partition coefficient (Wildman–Crippen LogP) is -0.796. The van der Waals surface area contributed by atoms with Gasteiger partial charge in [0.2, 0.25) is 0 Å². The van der Waals surface area contributed by atoms with Crippen molar-refractivity contribution in [1.29, 1.82) is 0 Å². The molecule has 0 spiro atoms. The molecule has 0 radical (unpaired) electrons. The third kappa shape index (κ3) is 1.29. The van der Waals surface area contributed by atoms with Gasteiger partial charge in [0.25, 0.3) is 0 Å². The number of carbonyl (C=O) groups is 1. The van der Waals surface area contributed by atoms with Crippen molar-refractivity contribution in [2.45, 2.75) is 0 Å². The van der Waals surface area contributed by atoms with Crippen molar-refractivity contribution >= 4 is 15.8 Å². The predicted molar refractivity (Wildman–Crippen MR) is 34.2 cm³/mol. The second-order valence-corrected chi connectivity index (χ2v) is 4.45. The summed E-state index contributed by atoms with van der Waals surface area (Å²) >= 11 is 0. The maximum Gasteiger partial charge on any atom is 0.310 e. The SMILES string of the molecule is COC(=O)C1CS(=O)(=O)C1. The molecular weight excluding hydrogens is 156 g/mol. The lowest BCUT2D eigenvalue weighted by molar-refractivity contribution is -0.144. The Labute approximate surface area is 59.1 Å². The molecule has 0 aliphatic carbocycles. The summed E-state index contributed by atoms with van der Waals surface area (Å²) in [5.41, 5.74) is 0. The molecule has 0 atom stereocenters. The molecule has 0 bridgehead atoms. The molecule has 0 N–H and O–H groups in total. The highest BCUT2D eigenvalue weighted by molar-refractivity contribution is 7.92. The molecule has 58 valence electrons. The van der Waals surface area contributed by atoms with Gasteiger partial charge in [-0.2, -0.15) is 0 Å². The molecule has 1 fully saturated rings. The molecular formula is C5H8O4S. The lowest BCUT2D eigenvalue weighted by Gasteiger charge is -2.22. The van der Waals surface area contributed by atoms with Crippen LogP contribution in [0.5, 0.6) is 0 Å². The van der Waals surface area contributed by atoms with Crippen LogP contribution in [0.25, 0.3) is 0 Å². The van der Waals surface area contributed by atoms with E-state index in [1.54, 1.807) is 0 Å². The van der Waals surface area contributed by atoms with Gasteiger partial charge in [-0.15, -0.1) is 0 Å². The van der Waals surface area contributed by atoms with Crippen molar-refractivity contribution in [1.82, 2.24) is 0 Å². The van der Waals surface area contributed by atoms with Crippen molar-refractivity contribution < 1.29 is 17.9 Å². The summed E-state index contributed by atoms with van der Waals surface area (Å²) < 4.78 is 25.4. The van der Waals surface area contributed by atoms with Crippen molar-refractivity contribution in [3.05, 3.63) is 0 Å². The summed E-state index contributed by atoms with van der Waals surface area (Å²) in [6.45, 7) is 0. The Balaban J connectivity index is 2.48. The molecule has 5 heteroatoms. The van der Waals surface area contributed by atoms with E-state index in [1.165, 1.54) is 7.11 Å². The standard InChI is InChI=1S/C5H8O4S/c1-9-5(6)4-2-10(7,8)3-4/h4H,2-3H2,1H3. The number of ether oxygens (including phenoxy) is 1. The van der Waals surface area contributed by atoms with Gasteiger partial charge in [-0.3, -0.25) is 4.79 Å². The molecule has 1 saturated heterocycles. The number of methoxy groups -OCH3 is 1. The minimum absolute atomic E-state index is 0.0420. The van der Waals surface area contributed by atoms with Gasteiger partial charge in [0, 0.05) is 0 Å². The molecule has 10 heavy (non-hydrogen) atoms. The molecule has 0 aromatic rings. The minimum Gasteiger partial charge on any atom is -0.469 e. The van der Waals surface area contributed by atoms with Crippen LogP contribution in [0.15, 0.2) is 0 Å². The van der Waals surface area contributed by atoms with Gasteiger partial charge in [-0.1, -0.05) is 0 Å². The monoisotopic (exact) mass is 164 g/mol. The molecule has 0 unspecified atom stereocenters. The van der Waals surface area contributed by atoms with Crippen molar-refractivity contribution in [3.63, 3.8) is 0 Å². The van der Waals surface area contributed by atoms with Gasteiger partial charge in [0.05, 0.1) is 24.5 Å². The van der Waals surface area contributed by atoms with Crippen molar-refractivity contribution in [3.8, 4) is 0 Å². The summed E-state index contributed by atoms with van der Waals surface area (Å²) in [5.74, 6) is -0.913. The molecule has 0 amide bonds. The maximum absolute atomic E-state index is 10.6. The Bertz CT molecular complexity index is 228. The van der Waals surface area contributed by atoms with Crippen molar-refractivity contribution in [2.75, 3.05) is 18.6 Å². The molecule has 0 aromatic carbocycles.